The predicted molar refractivity (Wildman–Crippen MR) is 78.8 cm³/mol. The number of hydrogen-bond donors (Lipinski definition) is 1. The van der Waals surface area contributed by atoms with Gasteiger partial charge in [-0.25, -0.2) is 4.79 Å². The summed E-state index contributed by atoms with van der Waals surface area (Å²) in [6.07, 6.45) is 4.11. The molecule has 1 atom stereocenters. The first-order valence-electron chi connectivity index (χ1n) is 6.83. The highest BCUT2D eigenvalue weighted by atomic mass is 79.9. The molecule has 0 aliphatic carbocycles. The molecule has 2 heterocycles. The molecular formula is C14H19BrN2O3. The Kier molecular flexibility index (Phi) is 4.52. The van der Waals surface area contributed by atoms with Crippen molar-refractivity contribution in [1.82, 2.24) is 9.47 Å². The van der Waals surface area contributed by atoms with Crippen molar-refractivity contribution in [1.29, 1.82) is 0 Å². The van der Waals surface area contributed by atoms with E-state index in [1.165, 1.54) is 4.90 Å². The number of likely N-dealkylation sites (tertiary alicyclic amines) is 1. The lowest BCUT2D eigenvalue weighted by Crippen LogP contribution is -2.48. The van der Waals surface area contributed by atoms with Gasteiger partial charge in [-0.15, -0.1) is 0 Å². The van der Waals surface area contributed by atoms with E-state index in [2.05, 4.69) is 15.9 Å². The third kappa shape index (κ3) is 2.90. The van der Waals surface area contributed by atoms with Gasteiger partial charge in [0.25, 0.3) is 5.91 Å². The number of amides is 1. The lowest BCUT2D eigenvalue weighted by atomic mass is 10.0. The summed E-state index contributed by atoms with van der Waals surface area (Å²) in [5.74, 6) is -1.11. The van der Waals surface area contributed by atoms with Gasteiger partial charge in [-0.2, -0.15) is 0 Å². The summed E-state index contributed by atoms with van der Waals surface area (Å²) in [6.45, 7) is 4.50. The first kappa shape index (κ1) is 15.1. The normalized spacial score (nSPS) is 19.4. The summed E-state index contributed by atoms with van der Waals surface area (Å²) in [5, 5.41) is 9.28. The van der Waals surface area contributed by atoms with E-state index in [1.807, 2.05) is 24.6 Å². The number of piperidine rings is 1. The molecular weight excluding hydrogens is 324 g/mol. The third-order valence-corrected chi connectivity index (χ3v) is 4.07. The lowest BCUT2D eigenvalue weighted by Gasteiger charge is -2.33. The van der Waals surface area contributed by atoms with Crippen LogP contribution in [0.2, 0.25) is 0 Å². The van der Waals surface area contributed by atoms with Crippen LogP contribution in [0, 0.1) is 0 Å². The highest BCUT2D eigenvalue weighted by molar-refractivity contribution is 9.10. The first-order chi connectivity index (χ1) is 9.41. The molecule has 110 valence electrons. The Morgan fingerprint density at radius 1 is 1.40 bits per heavy atom. The van der Waals surface area contributed by atoms with Gasteiger partial charge in [0.1, 0.15) is 11.7 Å². The van der Waals surface area contributed by atoms with E-state index in [-0.39, 0.29) is 11.9 Å². The number of carbonyl (C=O) groups is 2. The van der Waals surface area contributed by atoms with Crippen molar-refractivity contribution in [3.05, 3.63) is 22.4 Å². The molecule has 1 fully saturated rings. The molecule has 0 aromatic carbocycles. The second kappa shape index (κ2) is 5.99. The maximum Gasteiger partial charge on any atom is 0.326 e. The minimum absolute atomic E-state index is 0.147. The van der Waals surface area contributed by atoms with Gasteiger partial charge in [-0.05, 0) is 55.1 Å². The van der Waals surface area contributed by atoms with Gasteiger partial charge < -0.3 is 14.6 Å². The van der Waals surface area contributed by atoms with E-state index in [1.54, 1.807) is 6.07 Å². The maximum atomic E-state index is 12.7. The number of carbonyl (C=O) groups excluding carboxylic acids is 1. The van der Waals surface area contributed by atoms with E-state index in [0.29, 0.717) is 18.7 Å². The van der Waals surface area contributed by atoms with Crippen molar-refractivity contribution in [3.63, 3.8) is 0 Å². The first-order valence-corrected chi connectivity index (χ1v) is 7.62. The van der Waals surface area contributed by atoms with E-state index >= 15 is 0 Å². The Morgan fingerprint density at radius 3 is 2.70 bits per heavy atom. The van der Waals surface area contributed by atoms with Crippen LogP contribution in [-0.2, 0) is 4.79 Å². The molecule has 1 saturated heterocycles. The van der Waals surface area contributed by atoms with Crippen molar-refractivity contribution >= 4 is 27.8 Å². The van der Waals surface area contributed by atoms with Crippen LogP contribution < -0.4 is 0 Å². The molecule has 1 aliphatic heterocycles. The average Bonchev–Trinajstić information content (AvgIpc) is 2.80. The Bertz CT molecular complexity index is 524. The number of hydrogen-bond acceptors (Lipinski definition) is 2. The van der Waals surface area contributed by atoms with Crippen molar-refractivity contribution in [2.24, 2.45) is 0 Å². The summed E-state index contributed by atoms with van der Waals surface area (Å²) < 4.78 is 2.71. The molecule has 1 unspecified atom stereocenters. The molecule has 2 rings (SSSR count). The van der Waals surface area contributed by atoms with Gasteiger partial charge in [-0.1, -0.05) is 0 Å². The average molecular weight is 343 g/mol. The molecule has 1 aromatic rings. The molecule has 1 N–H and O–H groups in total. The summed E-state index contributed by atoms with van der Waals surface area (Å²) in [5.41, 5.74) is 0.542. The zero-order chi connectivity index (χ0) is 14.9. The molecule has 0 radical (unpaired) electrons. The Labute approximate surface area is 126 Å². The molecule has 1 aliphatic rings. The maximum absolute atomic E-state index is 12.7. The number of aromatic nitrogens is 1. The van der Waals surface area contributed by atoms with E-state index in [4.69, 9.17) is 0 Å². The SMILES string of the molecule is CC(C)n1cc(Br)cc1C(=O)N1CCCCC1C(=O)O. The van der Waals surface area contributed by atoms with Gasteiger partial charge in [0.05, 0.1) is 0 Å². The van der Waals surface area contributed by atoms with E-state index in [9.17, 15) is 14.7 Å². The highest BCUT2D eigenvalue weighted by Gasteiger charge is 2.33. The summed E-state index contributed by atoms with van der Waals surface area (Å²) in [6, 6.07) is 1.20. The van der Waals surface area contributed by atoms with Gasteiger partial charge in [0, 0.05) is 23.3 Å². The molecule has 6 heteroatoms. The van der Waals surface area contributed by atoms with Gasteiger partial charge in [0.2, 0.25) is 0 Å². The molecule has 1 amide bonds. The Morgan fingerprint density at radius 2 is 2.10 bits per heavy atom. The van der Waals surface area contributed by atoms with Crippen LogP contribution in [0.3, 0.4) is 0 Å². The highest BCUT2D eigenvalue weighted by Crippen LogP contribution is 2.24. The van der Waals surface area contributed by atoms with Crippen molar-refractivity contribution < 1.29 is 14.7 Å². The fourth-order valence-corrected chi connectivity index (χ4v) is 3.06. The predicted octanol–water partition coefficient (Wildman–Crippen LogP) is 2.91. The van der Waals surface area contributed by atoms with Crippen LogP contribution >= 0.6 is 15.9 Å². The van der Waals surface area contributed by atoms with Gasteiger partial charge in [0.15, 0.2) is 0 Å². The van der Waals surface area contributed by atoms with Crippen molar-refractivity contribution in [2.45, 2.75) is 45.2 Å². The summed E-state index contributed by atoms with van der Waals surface area (Å²) >= 11 is 3.38. The monoisotopic (exact) mass is 342 g/mol. The lowest BCUT2D eigenvalue weighted by molar-refractivity contribution is -0.143. The van der Waals surface area contributed by atoms with Crippen LogP contribution in [0.5, 0.6) is 0 Å². The fraction of sp³-hybridized carbons (Fsp3) is 0.571. The van der Waals surface area contributed by atoms with Crippen molar-refractivity contribution in [2.75, 3.05) is 6.54 Å². The summed E-state index contributed by atoms with van der Waals surface area (Å²) in [7, 11) is 0. The topological polar surface area (TPSA) is 62.5 Å². The number of carboxylic acid groups (broad SMARTS) is 1. The number of halogens is 1. The minimum Gasteiger partial charge on any atom is -0.480 e. The fourth-order valence-electron chi connectivity index (χ4n) is 2.62. The number of rotatable bonds is 3. The molecule has 0 saturated carbocycles. The van der Waals surface area contributed by atoms with E-state index in [0.717, 1.165) is 17.3 Å². The van der Waals surface area contributed by atoms with E-state index < -0.39 is 12.0 Å². The molecule has 0 bridgehead atoms. The van der Waals surface area contributed by atoms with Crippen LogP contribution in [0.1, 0.15) is 49.6 Å². The number of aliphatic carboxylic acids is 1. The van der Waals surface area contributed by atoms with Gasteiger partial charge >= 0.3 is 5.97 Å². The van der Waals surface area contributed by atoms with Crippen molar-refractivity contribution in [3.8, 4) is 0 Å². The standard InChI is InChI=1S/C14H19BrN2O3/c1-9(2)17-8-10(15)7-12(17)13(18)16-6-4-3-5-11(16)14(19)20/h7-9,11H,3-6H2,1-2H3,(H,19,20). The number of carboxylic acids is 1. The largest absolute Gasteiger partial charge is 0.480 e. The molecule has 20 heavy (non-hydrogen) atoms. The zero-order valence-electron chi connectivity index (χ0n) is 11.7. The minimum atomic E-state index is -0.917. The van der Waals surface area contributed by atoms with Crippen LogP contribution in [0.15, 0.2) is 16.7 Å². The van der Waals surface area contributed by atoms with Crippen LogP contribution in [0.25, 0.3) is 0 Å². The molecule has 5 nitrogen and oxygen atoms in total. The quantitative estimate of drug-likeness (QED) is 0.918. The second-order valence-electron chi connectivity index (χ2n) is 5.39. The van der Waals surface area contributed by atoms with Crippen LogP contribution in [-0.4, -0.2) is 39.0 Å². The molecule has 0 spiro atoms. The number of nitrogens with zero attached hydrogens (tertiary/aromatic N) is 2. The smallest absolute Gasteiger partial charge is 0.326 e. The zero-order valence-corrected chi connectivity index (χ0v) is 13.3. The second-order valence-corrected chi connectivity index (χ2v) is 6.31. The Balaban J connectivity index is 2.32. The van der Waals surface area contributed by atoms with Crippen LogP contribution in [0.4, 0.5) is 0 Å². The molecule has 1 aromatic heterocycles. The Hall–Kier alpha value is -1.30. The summed E-state index contributed by atoms with van der Waals surface area (Å²) in [4.78, 5) is 25.5. The van der Waals surface area contributed by atoms with Gasteiger partial charge in [-0.3, -0.25) is 4.79 Å². The third-order valence-electron chi connectivity index (χ3n) is 3.64.